The predicted octanol–water partition coefficient (Wildman–Crippen LogP) is 0.977. The van der Waals surface area contributed by atoms with Crippen molar-refractivity contribution in [2.75, 3.05) is 13.6 Å². The maximum atomic E-state index is 11.4. The van der Waals surface area contributed by atoms with Crippen LogP contribution in [0.3, 0.4) is 0 Å². The van der Waals surface area contributed by atoms with E-state index in [4.69, 9.17) is 0 Å². The number of carbonyl (C=O) groups is 1. The van der Waals surface area contributed by atoms with Crippen LogP contribution in [0.5, 0.6) is 0 Å². The minimum atomic E-state index is 0.383. The van der Waals surface area contributed by atoms with Gasteiger partial charge in [0.1, 0.15) is 0 Å². The molecule has 1 heterocycles. The Bertz CT molecular complexity index is 200. The van der Waals surface area contributed by atoms with Crippen LogP contribution in [0.25, 0.3) is 0 Å². The predicted molar refractivity (Wildman–Crippen MR) is 42.9 cm³/mol. The first-order chi connectivity index (χ1) is 5.13. The van der Waals surface area contributed by atoms with Gasteiger partial charge in [0.15, 0.2) is 0 Å². The highest BCUT2D eigenvalue weighted by Crippen LogP contribution is 2.55. The van der Waals surface area contributed by atoms with E-state index in [0.717, 1.165) is 6.54 Å². The summed E-state index contributed by atoms with van der Waals surface area (Å²) in [5, 5.41) is 0. The van der Waals surface area contributed by atoms with Crippen LogP contribution in [-0.4, -0.2) is 24.4 Å². The first-order valence-corrected chi connectivity index (χ1v) is 4.38. The first-order valence-electron chi connectivity index (χ1n) is 4.38. The molecule has 11 heavy (non-hydrogen) atoms. The van der Waals surface area contributed by atoms with E-state index in [1.807, 2.05) is 11.9 Å². The number of rotatable bonds is 1. The van der Waals surface area contributed by atoms with Crippen LogP contribution in [0.2, 0.25) is 0 Å². The van der Waals surface area contributed by atoms with Crippen molar-refractivity contribution in [3.63, 3.8) is 0 Å². The fourth-order valence-electron chi connectivity index (χ4n) is 2.55. The van der Waals surface area contributed by atoms with Crippen molar-refractivity contribution in [1.29, 1.82) is 0 Å². The zero-order valence-corrected chi connectivity index (χ0v) is 7.37. The number of fused-ring (bicyclic) bond motifs is 1. The molecule has 1 aliphatic carbocycles. The molecule has 1 saturated heterocycles. The topological polar surface area (TPSA) is 20.3 Å². The average Bonchev–Trinajstić information content (AvgIpc) is 2.54. The maximum absolute atomic E-state index is 11.4. The summed E-state index contributed by atoms with van der Waals surface area (Å²) in [5.74, 6) is 2.89. The van der Waals surface area contributed by atoms with E-state index < -0.39 is 0 Å². The van der Waals surface area contributed by atoms with Crippen LogP contribution in [-0.2, 0) is 4.79 Å². The summed E-state index contributed by atoms with van der Waals surface area (Å²) >= 11 is 0. The Balaban J connectivity index is 2.06. The molecule has 0 aromatic heterocycles. The zero-order valence-electron chi connectivity index (χ0n) is 7.37. The van der Waals surface area contributed by atoms with Crippen LogP contribution in [0.1, 0.15) is 13.8 Å². The largest absolute Gasteiger partial charge is 0.345 e. The first kappa shape index (κ1) is 7.14. The third kappa shape index (κ3) is 0.815. The van der Waals surface area contributed by atoms with Gasteiger partial charge in [0.25, 0.3) is 0 Å². The molecule has 0 aromatic carbocycles. The molecule has 1 amide bonds. The molecule has 1 saturated carbocycles. The van der Waals surface area contributed by atoms with Gasteiger partial charge < -0.3 is 4.90 Å². The van der Waals surface area contributed by atoms with E-state index in [9.17, 15) is 4.79 Å². The zero-order chi connectivity index (χ0) is 8.17. The second kappa shape index (κ2) is 1.99. The molecule has 0 radical (unpaired) electrons. The van der Waals surface area contributed by atoms with Crippen molar-refractivity contribution < 1.29 is 4.79 Å². The molecular weight excluding hydrogens is 138 g/mol. The van der Waals surface area contributed by atoms with Crippen LogP contribution < -0.4 is 0 Å². The van der Waals surface area contributed by atoms with Gasteiger partial charge in [0.05, 0.1) is 0 Å². The number of nitrogens with zero attached hydrogens (tertiary/aromatic N) is 1. The quantitative estimate of drug-likeness (QED) is 0.550. The van der Waals surface area contributed by atoms with Crippen molar-refractivity contribution in [2.24, 2.45) is 23.7 Å². The third-order valence-electron chi connectivity index (χ3n) is 3.15. The van der Waals surface area contributed by atoms with E-state index in [1.54, 1.807) is 0 Å². The minimum absolute atomic E-state index is 0.383. The molecule has 0 N–H and O–H groups in total. The second-order valence-corrected chi connectivity index (χ2v) is 4.23. The van der Waals surface area contributed by atoms with Gasteiger partial charge in [-0.05, 0) is 17.8 Å². The lowest BCUT2D eigenvalue weighted by Crippen LogP contribution is -2.26. The fraction of sp³-hybridized carbons (Fsp3) is 0.889. The highest BCUT2D eigenvalue weighted by atomic mass is 16.2. The van der Waals surface area contributed by atoms with Gasteiger partial charge in [-0.2, -0.15) is 0 Å². The molecule has 2 rings (SSSR count). The Morgan fingerprint density at radius 3 is 2.55 bits per heavy atom. The molecule has 2 aliphatic rings. The molecule has 1 aliphatic heterocycles. The third-order valence-corrected chi connectivity index (χ3v) is 3.15. The van der Waals surface area contributed by atoms with Gasteiger partial charge in [-0.25, -0.2) is 0 Å². The number of carbonyl (C=O) groups excluding carboxylic acids is 1. The molecule has 2 nitrogen and oxygen atoms in total. The standard InChI is InChI=1S/C9H15NO/c1-5(2)7-6-4-10(3)9(11)8(6)7/h5-8H,4H2,1-3H3. The SMILES string of the molecule is CC(C)C1C2CN(C)C(=O)C21. The molecule has 2 fully saturated rings. The highest BCUT2D eigenvalue weighted by Gasteiger charge is 2.61. The summed E-state index contributed by atoms with van der Waals surface area (Å²) in [6, 6.07) is 0. The van der Waals surface area contributed by atoms with Crippen LogP contribution in [0.15, 0.2) is 0 Å². The number of amides is 1. The number of piperidine rings is 1. The second-order valence-electron chi connectivity index (χ2n) is 4.23. The van der Waals surface area contributed by atoms with Crippen molar-refractivity contribution >= 4 is 5.91 Å². The Labute approximate surface area is 67.6 Å². The Kier molecular flexibility index (Phi) is 1.29. The lowest BCUT2D eigenvalue weighted by Gasteiger charge is -2.14. The van der Waals surface area contributed by atoms with Crippen molar-refractivity contribution in [3.8, 4) is 0 Å². The molecule has 3 atom stereocenters. The van der Waals surface area contributed by atoms with Crippen molar-refractivity contribution in [1.82, 2.24) is 4.90 Å². The smallest absolute Gasteiger partial charge is 0.226 e. The van der Waals surface area contributed by atoms with Gasteiger partial charge in [0, 0.05) is 19.5 Å². The summed E-state index contributed by atoms with van der Waals surface area (Å²) < 4.78 is 0. The number of hydrogen-bond acceptors (Lipinski definition) is 1. The summed E-state index contributed by atoms with van der Waals surface area (Å²) in [6.07, 6.45) is 0. The highest BCUT2D eigenvalue weighted by molar-refractivity contribution is 5.85. The molecular formula is C9H15NO. The van der Waals surface area contributed by atoms with E-state index in [-0.39, 0.29) is 0 Å². The summed E-state index contributed by atoms with van der Waals surface area (Å²) in [4.78, 5) is 13.3. The molecule has 0 aromatic rings. The van der Waals surface area contributed by atoms with E-state index >= 15 is 0 Å². The molecule has 0 bridgehead atoms. The summed E-state index contributed by atoms with van der Waals surface area (Å²) in [6.45, 7) is 5.44. The lowest BCUT2D eigenvalue weighted by atomic mass is 10.0. The van der Waals surface area contributed by atoms with Crippen LogP contribution in [0, 0.1) is 23.7 Å². The van der Waals surface area contributed by atoms with Crippen LogP contribution >= 0.6 is 0 Å². The maximum Gasteiger partial charge on any atom is 0.226 e. The Hall–Kier alpha value is -0.530. The monoisotopic (exact) mass is 153 g/mol. The molecule has 62 valence electrons. The van der Waals surface area contributed by atoms with Crippen molar-refractivity contribution in [3.05, 3.63) is 0 Å². The van der Waals surface area contributed by atoms with Gasteiger partial charge in [-0.3, -0.25) is 4.79 Å². The van der Waals surface area contributed by atoms with Gasteiger partial charge in [0.2, 0.25) is 5.91 Å². The normalized spacial score (nSPS) is 41.6. The Morgan fingerprint density at radius 2 is 2.18 bits per heavy atom. The summed E-state index contributed by atoms with van der Waals surface area (Å²) in [7, 11) is 1.91. The van der Waals surface area contributed by atoms with Crippen LogP contribution in [0.4, 0.5) is 0 Å². The lowest BCUT2D eigenvalue weighted by molar-refractivity contribution is -0.129. The minimum Gasteiger partial charge on any atom is -0.345 e. The number of likely N-dealkylation sites (tertiary alicyclic amines) is 1. The van der Waals surface area contributed by atoms with Gasteiger partial charge in [-0.15, -0.1) is 0 Å². The van der Waals surface area contributed by atoms with Crippen molar-refractivity contribution in [2.45, 2.75) is 13.8 Å². The fourth-order valence-corrected chi connectivity index (χ4v) is 2.55. The number of hydrogen-bond donors (Lipinski definition) is 0. The molecule has 0 spiro atoms. The van der Waals surface area contributed by atoms with Gasteiger partial charge in [-0.1, -0.05) is 13.8 Å². The van der Waals surface area contributed by atoms with E-state index in [2.05, 4.69) is 13.8 Å². The summed E-state index contributed by atoms with van der Waals surface area (Å²) in [5.41, 5.74) is 0. The Morgan fingerprint density at radius 1 is 1.55 bits per heavy atom. The van der Waals surface area contributed by atoms with E-state index in [1.165, 1.54) is 0 Å². The van der Waals surface area contributed by atoms with E-state index in [0.29, 0.717) is 29.6 Å². The average molecular weight is 153 g/mol. The van der Waals surface area contributed by atoms with Gasteiger partial charge >= 0.3 is 0 Å². The molecule has 3 unspecified atom stereocenters. The molecule has 2 heteroatoms.